The van der Waals surface area contributed by atoms with Crippen LogP contribution >= 0.6 is 11.3 Å². The summed E-state index contributed by atoms with van der Waals surface area (Å²) in [5.41, 5.74) is 1.70. The van der Waals surface area contributed by atoms with Crippen LogP contribution in [0.4, 0.5) is 13.9 Å². The molecule has 0 spiro atoms. The lowest BCUT2D eigenvalue weighted by atomic mass is 10.2. The van der Waals surface area contributed by atoms with E-state index in [-0.39, 0.29) is 10.0 Å². The second kappa shape index (κ2) is 5.29. The van der Waals surface area contributed by atoms with Crippen molar-refractivity contribution in [3.8, 4) is 0 Å². The first-order valence-corrected chi connectivity index (χ1v) is 8.50. The molecule has 0 aliphatic rings. The smallest absolute Gasteiger partial charge is 0.255 e. The lowest BCUT2D eigenvalue weighted by Gasteiger charge is -2.05. The highest BCUT2D eigenvalue weighted by atomic mass is 32.2. The number of hydrogen-bond acceptors (Lipinski definition) is 4. The van der Waals surface area contributed by atoms with Gasteiger partial charge < -0.3 is 0 Å². The summed E-state index contributed by atoms with van der Waals surface area (Å²) in [6.07, 6.45) is 0. The molecule has 0 aliphatic carbocycles. The lowest BCUT2D eigenvalue weighted by Crippen LogP contribution is -2.13. The molecule has 0 aliphatic heterocycles. The minimum Gasteiger partial charge on any atom is -0.255 e. The second-order valence-electron chi connectivity index (χ2n) is 4.67. The van der Waals surface area contributed by atoms with Gasteiger partial charge in [-0.2, -0.15) is 0 Å². The molecular weight excluding hydrogens is 330 g/mol. The van der Waals surface area contributed by atoms with E-state index in [4.69, 9.17) is 0 Å². The molecule has 0 unspecified atom stereocenters. The zero-order valence-corrected chi connectivity index (χ0v) is 12.9. The van der Waals surface area contributed by atoms with Crippen LogP contribution in [0, 0.1) is 18.6 Å². The molecule has 2 aromatic carbocycles. The molecule has 0 saturated carbocycles. The third kappa shape index (κ3) is 2.79. The van der Waals surface area contributed by atoms with Crippen molar-refractivity contribution in [2.24, 2.45) is 0 Å². The number of halogens is 2. The Morgan fingerprint density at radius 1 is 1.09 bits per heavy atom. The summed E-state index contributed by atoms with van der Waals surface area (Å²) >= 11 is 1.17. The molecule has 0 atom stereocenters. The zero-order valence-electron chi connectivity index (χ0n) is 11.3. The number of fused-ring (bicyclic) bond motifs is 1. The number of aryl methyl sites for hydroxylation is 1. The second-order valence-corrected chi connectivity index (χ2v) is 7.38. The largest absolute Gasteiger partial charge is 0.263 e. The van der Waals surface area contributed by atoms with Crippen LogP contribution in [-0.4, -0.2) is 13.4 Å². The number of anilines is 1. The Balaban J connectivity index is 1.96. The van der Waals surface area contributed by atoms with Crippen molar-refractivity contribution < 1.29 is 17.2 Å². The van der Waals surface area contributed by atoms with Gasteiger partial charge in [-0.05, 0) is 42.8 Å². The first-order chi connectivity index (χ1) is 10.3. The predicted octanol–water partition coefficient (Wildman–Crippen LogP) is 3.68. The maximum atomic E-state index is 13.2. The van der Waals surface area contributed by atoms with Gasteiger partial charge in [-0.15, -0.1) is 0 Å². The zero-order chi connectivity index (χ0) is 15.9. The Kier molecular flexibility index (Phi) is 3.57. The standard InChI is InChI=1S/C14H10F2N2O2S2/c1-8-2-5-12-13(6-8)21-14(17-12)18-22(19,20)9-3-4-10(15)11(16)7-9/h2-7H,1H3,(H,17,18). The van der Waals surface area contributed by atoms with Crippen molar-refractivity contribution in [2.75, 3.05) is 4.72 Å². The minimum absolute atomic E-state index is 0.172. The van der Waals surface area contributed by atoms with Crippen LogP contribution in [0.25, 0.3) is 10.2 Å². The van der Waals surface area contributed by atoms with E-state index < -0.39 is 21.7 Å². The summed E-state index contributed by atoms with van der Waals surface area (Å²) in [5, 5.41) is 0.172. The van der Waals surface area contributed by atoms with E-state index >= 15 is 0 Å². The summed E-state index contributed by atoms with van der Waals surface area (Å²) in [5.74, 6) is -2.32. The van der Waals surface area contributed by atoms with Gasteiger partial charge in [0.2, 0.25) is 0 Å². The average molecular weight is 340 g/mol. The highest BCUT2D eigenvalue weighted by Gasteiger charge is 2.18. The molecule has 22 heavy (non-hydrogen) atoms. The molecule has 4 nitrogen and oxygen atoms in total. The van der Waals surface area contributed by atoms with E-state index in [0.717, 1.165) is 22.4 Å². The van der Waals surface area contributed by atoms with E-state index in [0.29, 0.717) is 11.6 Å². The van der Waals surface area contributed by atoms with Crippen molar-refractivity contribution in [1.82, 2.24) is 4.98 Å². The number of aromatic nitrogens is 1. The number of nitrogens with zero attached hydrogens (tertiary/aromatic N) is 1. The molecule has 1 heterocycles. The molecule has 8 heteroatoms. The Hall–Kier alpha value is -2.06. The molecule has 1 N–H and O–H groups in total. The molecule has 0 radical (unpaired) electrons. The Morgan fingerprint density at radius 3 is 2.59 bits per heavy atom. The Bertz CT molecular complexity index is 968. The fourth-order valence-corrected chi connectivity index (χ4v) is 4.10. The van der Waals surface area contributed by atoms with Gasteiger partial charge in [0.1, 0.15) is 0 Å². The maximum Gasteiger partial charge on any atom is 0.263 e. The first-order valence-electron chi connectivity index (χ1n) is 6.20. The molecule has 3 aromatic rings. The van der Waals surface area contributed by atoms with Crippen LogP contribution in [0.1, 0.15) is 5.56 Å². The van der Waals surface area contributed by atoms with Crippen molar-refractivity contribution in [1.29, 1.82) is 0 Å². The van der Waals surface area contributed by atoms with Crippen LogP contribution in [0.15, 0.2) is 41.3 Å². The molecule has 0 bridgehead atoms. The van der Waals surface area contributed by atoms with Gasteiger partial charge in [0, 0.05) is 0 Å². The van der Waals surface area contributed by atoms with Crippen molar-refractivity contribution in [3.05, 3.63) is 53.6 Å². The van der Waals surface area contributed by atoms with Gasteiger partial charge in [-0.25, -0.2) is 22.2 Å². The Morgan fingerprint density at radius 2 is 1.86 bits per heavy atom. The molecular formula is C14H10F2N2O2S2. The molecule has 0 fully saturated rings. The van der Waals surface area contributed by atoms with Gasteiger partial charge in [0.15, 0.2) is 16.8 Å². The topological polar surface area (TPSA) is 59.1 Å². The van der Waals surface area contributed by atoms with Crippen LogP contribution in [0.3, 0.4) is 0 Å². The molecule has 114 valence electrons. The molecule has 3 rings (SSSR count). The van der Waals surface area contributed by atoms with Gasteiger partial charge in [0.05, 0.1) is 15.1 Å². The van der Waals surface area contributed by atoms with Gasteiger partial charge in [-0.3, -0.25) is 4.72 Å². The SMILES string of the molecule is Cc1ccc2nc(NS(=O)(=O)c3ccc(F)c(F)c3)sc2c1. The van der Waals surface area contributed by atoms with Crippen molar-refractivity contribution in [3.63, 3.8) is 0 Å². The van der Waals surface area contributed by atoms with Crippen molar-refractivity contribution >= 4 is 36.7 Å². The monoisotopic (exact) mass is 340 g/mol. The minimum atomic E-state index is -4.02. The van der Waals surface area contributed by atoms with Crippen LogP contribution in [0.2, 0.25) is 0 Å². The average Bonchev–Trinajstić information content (AvgIpc) is 2.82. The highest BCUT2D eigenvalue weighted by molar-refractivity contribution is 7.93. The van der Waals surface area contributed by atoms with E-state index in [2.05, 4.69) is 9.71 Å². The normalized spacial score (nSPS) is 11.8. The number of thiazole rings is 1. The van der Waals surface area contributed by atoms with Crippen LogP contribution in [-0.2, 0) is 10.0 Å². The van der Waals surface area contributed by atoms with Crippen molar-refractivity contribution in [2.45, 2.75) is 11.8 Å². The van der Waals surface area contributed by atoms with E-state index in [9.17, 15) is 17.2 Å². The van der Waals surface area contributed by atoms with Gasteiger partial charge in [-0.1, -0.05) is 17.4 Å². The third-order valence-corrected chi connectivity index (χ3v) is 5.37. The van der Waals surface area contributed by atoms with E-state index in [1.807, 2.05) is 19.1 Å². The fraction of sp³-hybridized carbons (Fsp3) is 0.0714. The van der Waals surface area contributed by atoms with E-state index in [1.165, 1.54) is 11.3 Å². The first kappa shape index (κ1) is 14.9. The van der Waals surface area contributed by atoms with E-state index in [1.54, 1.807) is 6.07 Å². The summed E-state index contributed by atoms with van der Waals surface area (Å²) < 4.78 is 53.5. The summed E-state index contributed by atoms with van der Waals surface area (Å²) in [6, 6.07) is 7.95. The summed E-state index contributed by atoms with van der Waals surface area (Å²) in [6.45, 7) is 1.92. The predicted molar refractivity (Wildman–Crippen MR) is 81.5 cm³/mol. The summed E-state index contributed by atoms with van der Waals surface area (Å²) in [4.78, 5) is 3.81. The Labute approximate surface area is 129 Å². The number of sulfonamides is 1. The maximum absolute atomic E-state index is 13.2. The fourth-order valence-electron chi connectivity index (χ4n) is 1.89. The molecule has 0 saturated heterocycles. The quantitative estimate of drug-likeness (QED) is 0.791. The van der Waals surface area contributed by atoms with Gasteiger partial charge >= 0.3 is 0 Å². The molecule has 1 aromatic heterocycles. The van der Waals surface area contributed by atoms with Crippen LogP contribution in [0.5, 0.6) is 0 Å². The van der Waals surface area contributed by atoms with Gasteiger partial charge in [0.25, 0.3) is 10.0 Å². The van der Waals surface area contributed by atoms with Crippen LogP contribution < -0.4 is 4.72 Å². The molecule has 0 amide bonds. The number of hydrogen-bond donors (Lipinski definition) is 1. The third-order valence-electron chi connectivity index (χ3n) is 2.97. The number of nitrogens with one attached hydrogen (secondary N) is 1. The highest BCUT2D eigenvalue weighted by Crippen LogP contribution is 2.28. The lowest BCUT2D eigenvalue weighted by molar-refractivity contribution is 0.504. The number of rotatable bonds is 3. The number of benzene rings is 2. The summed E-state index contributed by atoms with van der Waals surface area (Å²) in [7, 11) is -4.02.